The molecule has 2 saturated heterocycles. The molecule has 0 bridgehead atoms. The molecule has 1 aromatic rings. The first-order valence-electron chi connectivity index (χ1n) is 7.37. The van der Waals surface area contributed by atoms with Crippen molar-refractivity contribution in [2.24, 2.45) is 0 Å². The number of carbonyl (C=O) groups excluding carboxylic acids is 2. The molecule has 1 atom stereocenters. The zero-order valence-electron chi connectivity index (χ0n) is 12.7. The first-order valence-corrected chi connectivity index (χ1v) is 7.37. The zero-order valence-corrected chi connectivity index (χ0v) is 12.7. The van der Waals surface area contributed by atoms with Crippen LogP contribution in [-0.2, 0) is 19.1 Å². The van der Waals surface area contributed by atoms with Crippen LogP contribution in [0.2, 0.25) is 0 Å². The second kappa shape index (κ2) is 4.95. The summed E-state index contributed by atoms with van der Waals surface area (Å²) in [4.78, 5) is 25.2. The lowest BCUT2D eigenvalue weighted by Gasteiger charge is -2.30. The number of Topliss-reactive ketones (excluding diaryl/α,β-unsaturated/α-hetero) is 1. The van der Waals surface area contributed by atoms with Gasteiger partial charge in [-0.1, -0.05) is 17.7 Å². The fourth-order valence-corrected chi connectivity index (χ4v) is 3.62. The van der Waals surface area contributed by atoms with Gasteiger partial charge in [0.25, 0.3) is 0 Å². The Morgan fingerprint density at radius 3 is 2.19 bits per heavy atom. The maximum absolute atomic E-state index is 12.9. The van der Waals surface area contributed by atoms with Gasteiger partial charge in [-0.05, 0) is 37.5 Å². The van der Waals surface area contributed by atoms with E-state index in [9.17, 15) is 9.59 Å². The van der Waals surface area contributed by atoms with Crippen LogP contribution in [0.4, 0.5) is 0 Å². The summed E-state index contributed by atoms with van der Waals surface area (Å²) in [7, 11) is 0. The van der Waals surface area contributed by atoms with Gasteiger partial charge < -0.3 is 9.47 Å². The van der Waals surface area contributed by atoms with Crippen LogP contribution in [0.5, 0.6) is 0 Å². The minimum Gasteiger partial charge on any atom is -0.450 e. The Hall–Kier alpha value is -1.68. The quantitative estimate of drug-likeness (QED) is 0.588. The third kappa shape index (κ3) is 2.18. The first kappa shape index (κ1) is 14.3. The number of carbonyl (C=O) groups is 2. The Balaban J connectivity index is 2.04. The van der Waals surface area contributed by atoms with Crippen LogP contribution in [0, 0.1) is 20.8 Å². The number of ether oxygens (including phenoxy) is 2. The maximum atomic E-state index is 12.9. The fourth-order valence-electron chi connectivity index (χ4n) is 3.62. The van der Waals surface area contributed by atoms with Crippen LogP contribution in [0.1, 0.15) is 41.0 Å². The van der Waals surface area contributed by atoms with Gasteiger partial charge in [-0.2, -0.15) is 0 Å². The Bertz CT molecular complexity index is 588. The van der Waals surface area contributed by atoms with Gasteiger partial charge in [-0.15, -0.1) is 0 Å². The number of ketones is 1. The lowest BCUT2D eigenvalue weighted by atomic mass is 9.80. The van der Waals surface area contributed by atoms with Gasteiger partial charge in [0.15, 0.2) is 11.4 Å². The maximum Gasteiger partial charge on any atom is 0.322 e. The molecule has 2 fully saturated rings. The van der Waals surface area contributed by atoms with Crippen LogP contribution in [0.3, 0.4) is 0 Å². The number of rotatable bonds is 1. The molecule has 0 N–H and O–H groups in total. The van der Waals surface area contributed by atoms with Crippen molar-refractivity contribution in [3.8, 4) is 0 Å². The summed E-state index contributed by atoms with van der Waals surface area (Å²) in [6.07, 6.45) is 0.941. The molecule has 112 valence electrons. The molecular formula is C17H20O4. The topological polar surface area (TPSA) is 52.6 Å². The van der Waals surface area contributed by atoms with E-state index in [1.165, 1.54) is 0 Å². The largest absolute Gasteiger partial charge is 0.450 e. The van der Waals surface area contributed by atoms with E-state index in [1.807, 2.05) is 32.9 Å². The van der Waals surface area contributed by atoms with Gasteiger partial charge in [0.05, 0.1) is 13.2 Å². The number of hydrogen-bond acceptors (Lipinski definition) is 4. The van der Waals surface area contributed by atoms with E-state index in [-0.39, 0.29) is 5.78 Å². The molecule has 2 heterocycles. The van der Waals surface area contributed by atoms with Crippen LogP contribution >= 0.6 is 0 Å². The number of esters is 1. The predicted molar refractivity (Wildman–Crippen MR) is 77.3 cm³/mol. The highest BCUT2D eigenvalue weighted by Gasteiger charge is 2.56. The van der Waals surface area contributed by atoms with E-state index in [0.717, 1.165) is 22.3 Å². The fraction of sp³-hybridized carbons (Fsp3) is 0.529. The van der Waals surface area contributed by atoms with Crippen LogP contribution in [0.25, 0.3) is 0 Å². The standard InChI is InChI=1S/C17H20O4/c1-10-8-11(2)13(12(3)9-10)14-15(18)17(21-16(14)19)4-6-20-7-5-17/h8-9,14H,4-7H2,1-3H3. The molecule has 0 aromatic heterocycles. The van der Waals surface area contributed by atoms with E-state index in [2.05, 4.69) is 0 Å². The first-order chi connectivity index (χ1) is 9.94. The Labute approximate surface area is 124 Å². The highest BCUT2D eigenvalue weighted by Crippen LogP contribution is 2.42. The third-order valence-electron chi connectivity index (χ3n) is 4.57. The van der Waals surface area contributed by atoms with Gasteiger partial charge in [0.2, 0.25) is 0 Å². The minimum absolute atomic E-state index is 0.0918. The molecule has 1 unspecified atom stereocenters. The van der Waals surface area contributed by atoms with Crippen molar-refractivity contribution in [2.75, 3.05) is 13.2 Å². The molecule has 0 aliphatic carbocycles. The molecule has 2 aliphatic heterocycles. The molecule has 21 heavy (non-hydrogen) atoms. The van der Waals surface area contributed by atoms with Gasteiger partial charge in [0, 0.05) is 12.8 Å². The second-order valence-electron chi connectivity index (χ2n) is 6.14. The minimum atomic E-state index is -0.955. The highest BCUT2D eigenvalue weighted by atomic mass is 16.6. The molecule has 3 rings (SSSR count). The van der Waals surface area contributed by atoms with Gasteiger partial charge in [-0.25, -0.2) is 0 Å². The second-order valence-corrected chi connectivity index (χ2v) is 6.14. The molecule has 2 aliphatic rings. The summed E-state index contributed by atoms with van der Waals surface area (Å²) in [5, 5.41) is 0. The zero-order chi connectivity index (χ0) is 15.2. The molecule has 4 heteroatoms. The van der Waals surface area contributed by atoms with Crippen LogP contribution < -0.4 is 0 Å². The predicted octanol–water partition coefficient (Wildman–Crippen LogP) is 2.37. The molecule has 0 radical (unpaired) electrons. The van der Waals surface area contributed by atoms with Gasteiger partial charge in [0.1, 0.15) is 5.92 Å². The highest BCUT2D eigenvalue weighted by molar-refractivity contribution is 6.14. The average molecular weight is 288 g/mol. The van der Waals surface area contributed by atoms with Crippen molar-refractivity contribution in [3.05, 3.63) is 34.4 Å². The van der Waals surface area contributed by atoms with Crippen molar-refractivity contribution in [1.29, 1.82) is 0 Å². The normalized spacial score (nSPS) is 24.4. The molecule has 4 nitrogen and oxygen atoms in total. The Kier molecular flexibility index (Phi) is 3.36. The number of hydrogen-bond donors (Lipinski definition) is 0. The summed E-state index contributed by atoms with van der Waals surface area (Å²) in [5.41, 5.74) is 2.95. The van der Waals surface area contributed by atoms with Gasteiger partial charge >= 0.3 is 5.97 Å². The van der Waals surface area contributed by atoms with Crippen molar-refractivity contribution in [3.63, 3.8) is 0 Å². The van der Waals surface area contributed by atoms with E-state index >= 15 is 0 Å². The number of benzene rings is 1. The smallest absolute Gasteiger partial charge is 0.322 e. The van der Waals surface area contributed by atoms with E-state index in [0.29, 0.717) is 26.1 Å². The Morgan fingerprint density at radius 1 is 1.05 bits per heavy atom. The van der Waals surface area contributed by atoms with Crippen molar-refractivity contribution in [2.45, 2.75) is 45.1 Å². The summed E-state index contributed by atoms with van der Waals surface area (Å²) in [5.74, 6) is -1.27. The summed E-state index contributed by atoms with van der Waals surface area (Å²) < 4.78 is 10.8. The SMILES string of the molecule is Cc1cc(C)c(C2C(=O)OC3(CCOCC3)C2=O)c(C)c1. The monoisotopic (exact) mass is 288 g/mol. The van der Waals surface area contributed by atoms with Crippen molar-refractivity contribution >= 4 is 11.8 Å². The third-order valence-corrected chi connectivity index (χ3v) is 4.57. The Morgan fingerprint density at radius 2 is 1.62 bits per heavy atom. The van der Waals surface area contributed by atoms with Crippen LogP contribution in [0.15, 0.2) is 12.1 Å². The molecule has 0 saturated carbocycles. The lowest BCUT2D eigenvalue weighted by molar-refractivity contribution is -0.160. The van der Waals surface area contributed by atoms with E-state index in [1.54, 1.807) is 0 Å². The molecule has 0 amide bonds. The summed E-state index contributed by atoms with van der Waals surface area (Å²) >= 11 is 0. The van der Waals surface area contributed by atoms with Crippen molar-refractivity contribution < 1.29 is 19.1 Å². The lowest BCUT2D eigenvalue weighted by Crippen LogP contribution is -2.42. The number of aryl methyl sites for hydroxylation is 3. The van der Waals surface area contributed by atoms with Crippen LogP contribution in [-0.4, -0.2) is 30.6 Å². The average Bonchev–Trinajstić information content (AvgIpc) is 2.63. The molecule has 1 aromatic carbocycles. The molecular weight excluding hydrogens is 268 g/mol. The molecule has 1 spiro atoms. The van der Waals surface area contributed by atoms with E-state index < -0.39 is 17.5 Å². The summed E-state index contributed by atoms with van der Waals surface area (Å²) in [6, 6.07) is 4.02. The van der Waals surface area contributed by atoms with Crippen molar-refractivity contribution in [1.82, 2.24) is 0 Å². The van der Waals surface area contributed by atoms with Gasteiger partial charge in [-0.3, -0.25) is 9.59 Å². The van der Waals surface area contributed by atoms with E-state index in [4.69, 9.17) is 9.47 Å². The summed E-state index contributed by atoms with van der Waals surface area (Å²) in [6.45, 7) is 6.85.